The first-order chi connectivity index (χ1) is 9.20. The minimum absolute atomic E-state index is 0.149. The molecule has 1 unspecified atom stereocenters. The summed E-state index contributed by atoms with van der Waals surface area (Å²) in [7, 11) is 0. The van der Waals surface area contributed by atoms with Crippen LogP contribution in [0.15, 0.2) is 18.2 Å². The van der Waals surface area contributed by atoms with Gasteiger partial charge in [-0.05, 0) is 44.0 Å². The molecular weight excluding hydrogens is 246 g/mol. The van der Waals surface area contributed by atoms with Crippen LogP contribution in [0.4, 0.5) is 5.69 Å². The van der Waals surface area contributed by atoms with Gasteiger partial charge in [0, 0.05) is 6.07 Å². The van der Waals surface area contributed by atoms with Crippen molar-refractivity contribution in [3.8, 4) is 11.8 Å². The summed E-state index contributed by atoms with van der Waals surface area (Å²) in [6.07, 6.45) is 2.00. The predicted octanol–water partition coefficient (Wildman–Crippen LogP) is 1.84. The van der Waals surface area contributed by atoms with Gasteiger partial charge in [0.15, 0.2) is 5.75 Å². The number of hydrogen-bond acceptors (Lipinski definition) is 5. The number of ether oxygens (including phenoxy) is 1. The van der Waals surface area contributed by atoms with Crippen molar-refractivity contribution < 1.29 is 9.66 Å². The minimum atomic E-state index is -0.521. The van der Waals surface area contributed by atoms with Crippen LogP contribution in [-0.4, -0.2) is 24.6 Å². The second kappa shape index (κ2) is 6.16. The van der Waals surface area contributed by atoms with Crippen molar-refractivity contribution in [2.75, 3.05) is 19.7 Å². The van der Waals surface area contributed by atoms with Crippen molar-refractivity contribution >= 4 is 5.69 Å². The zero-order valence-electron chi connectivity index (χ0n) is 10.5. The summed E-state index contributed by atoms with van der Waals surface area (Å²) in [5.41, 5.74) is 0.114. The fraction of sp³-hybridized carbons (Fsp3) is 0.462. The largest absolute Gasteiger partial charge is 0.487 e. The molecule has 6 heteroatoms. The molecule has 0 aromatic heterocycles. The Morgan fingerprint density at radius 1 is 1.58 bits per heavy atom. The first-order valence-corrected chi connectivity index (χ1v) is 6.23. The molecule has 0 saturated carbocycles. The lowest BCUT2D eigenvalue weighted by Crippen LogP contribution is -2.12. The highest BCUT2D eigenvalue weighted by Crippen LogP contribution is 2.28. The Morgan fingerprint density at radius 2 is 2.42 bits per heavy atom. The third-order valence-corrected chi connectivity index (χ3v) is 3.23. The second-order valence-electron chi connectivity index (χ2n) is 4.55. The van der Waals surface area contributed by atoms with Crippen LogP contribution in [0.3, 0.4) is 0 Å². The van der Waals surface area contributed by atoms with E-state index >= 15 is 0 Å². The summed E-state index contributed by atoms with van der Waals surface area (Å²) < 4.78 is 5.48. The topological polar surface area (TPSA) is 88.2 Å². The molecule has 0 amide bonds. The molecule has 0 radical (unpaired) electrons. The molecule has 1 aromatic carbocycles. The van der Waals surface area contributed by atoms with Gasteiger partial charge < -0.3 is 10.1 Å². The highest BCUT2D eigenvalue weighted by Gasteiger charge is 2.18. The average molecular weight is 261 g/mol. The van der Waals surface area contributed by atoms with Crippen molar-refractivity contribution in [3.05, 3.63) is 33.9 Å². The Hall–Kier alpha value is -2.13. The van der Waals surface area contributed by atoms with Crippen molar-refractivity contribution in [3.63, 3.8) is 0 Å². The van der Waals surface area contributed by atoms with Gasteiger partial charge in [0.1, 0.15) is 0 Å². The minimum Gasteiger partial charge on any atom is -0.487 e. The average Bonchev–Trinajstić information content (AvgIpc) is 2.92. The third-order valence-electron chi connectivity index (χ3n) is 3.23. The number of hydrogen-bond donors (Lipinski definition) is 1. The zero-order valence-corrected chi connectivity index (χ0v) is 10.5. The molecule has 1 aromatic rings. The van der Waals surface area contributed by atoms with Crippen molar-refractivity contribution in [2.24, 2.45) is 5.92 Å². The number of nitrogens with one attached hydrogen (secondary N) is 1. The van der Waals surface area contributed by atoms with Gasteiger partial charge in [-0.3, -0.25) is 10.1 Å². The van der Waals surface area contributed by atoms with Crippen molar-refractivity contribution in [1.82, 2.24) is 5.32 Å². The van der Waals surface area contributed by atoms with Gasteiger partial charge in [0.2, 0.25) is 0 Å². The predicted molar refractivity (Wildman–Crippen MR) is 68.9 cm³/mol. The van der Waals surface area contributed by atoms with E-state index in [1.54, 1.807) is 0 Å². The molecule has 1 fully saturated rings. The molecule has 0 spiro atoms. The lowest BCUT2D eigenvalue weighted by molar-refractivity contribution is -0.385. The molecule has 6 nitrogen and oxygen atoms in total. The molecule has 1 atom stereocenters. The third kappa shape index (κ3) is 3.42. The van der Waals surface area contributed by atoms with E-state index in [2.05, 4.69) is 5.32 Å². The van der Waals surface area contributed by atoms with E-state index < -0.39 is 4.92 Å². The molecular formula is C13H15N3O3. The van der Waals surface area contributed by atoms with E-state index in [0.717, 1.165) is 25.9 Å². The summed E-state index contributed by atoms with van der Waals surface area (Å²) >= 11 is 0. The maximum absolute atomic E-state index is 10.9. The zero-order chi connectivity index (χ0) is 13.7. The van der Waals surface area contributed by atoms with E-state index in [0.29, 0.717) is 12.5 Å². The molecule has 1 aliphatic heterocycles. The quantitative estimate of drug-likeness (QED) is 0.645. The summed E-state index contributed by atoms with van der Waals surface area (Å²) in [4.78, 5) is 10.4. The highest BCUT2D eigenvalue weighted by atomic mass is 16.6. The summed E-state index contributed by atoms with van der Waals surface area (Å²) in [6.45, 7) is 2.47. The highest BCUT2D eigenvalue weighted by molar-refractivity contribution is 5.51. The van der Waals surface area contributed by atoms with Gasteiger partial charge in [0.25, 0.3) is 0 Å². The molecule has 19 heavy (non-hydrogen) atoms. The maximum atomic E-state index is 10.9. The molecule has 1 saturated heterocycles. The molecule has 2 rings (SSSR count). The van der Waals surface area contributed by atoms with Crippen LogP contribution in [0, 0.1) is 27.4 Å². The van der Waals surface area contributed by atoms with Crippen molar-refractivity contribution in [2.45, 2.75) is 12.8 Å². The number of nitro groups is 1. The van der Waals surface area contributed by atoms with Crippen LogP contribution in [-0.2, 0) is 0 Å². The Balaban J connectivity index is 1.98. The van der Waals surface area contributed by atoms with Crippen LogP contribution in [0.5, 0.6) is 5.75 Å². The summed E-state index contributed by atoms with van der Waals surface area (Å²) in [6, 6.07) is 6.14. The normalized spacial score (nSPS) is 17.9. The van der Waals surface area contributed by atoms with Crippen LogP contribution >= 0.6 is 0 Å². The summed E-state index contributed by atoms with van der Waals surface area (Å²) in [5.74, 6) is 0.812. The first-order valence-electron chi connectivity index (χ1n) is 6.23. The van der Waals surface area contributed by atoms with Gasteiger partial charge in [-0.25, -0.2) is 0 Å². The molecule has 1 aliphatic rings. The van der Waals surface area contributed by atoms with Gasteiger partial charge >= 0.3 is 5.69 Å². The molecule has 1 N–H and O–H groups in total. The van der Waals surface area contributed by atoms with Gasteiger partial charge in [-0.1, -0.05) is 0 Å². The van der Waals surface area contributed by atoms with Crippen LogP contribution in [0.2, 0.25) is 0 Å². The standard InChI is InChI=1S/C13H15N3O3/c14-8-11-1-2-13(12(7-11)16(17)18)19-6-4-10-3-5-15-9-10/h1-2,7,10,15H,3-6,9H2. The number of rotatable bonds is 5. The van der Waals surface area contributed by atoms with E-state index in [9.17, 15) is 10.1 Å². The first kappa shape index (κ1) is 13.3. The van der Waals surface area contributed by atoms with Crippen LogP contribution in [0.25, 0.3) is 0 Å². The fourth-order valence-electron chi connectivity index (χ4n) is 2.15. The smallest absolute Gasteiger partial charge is 0.312 e. The fourth-order valence-corrected chi connectivity index (χ4v) is 2.15. The van der Waals surface area contributed by atoms with Crippen LogP contribution < -0.4 is 10.1 Å². The molecule has 100 valence electrons. The monoisotopic (exact) mass is 261 g/mol. The molecule has 1 heterocycles. The van der Waals surface area contributed by atoms with Gasteiger partial charge in [0.05, 0.1) is 23.2 Å². The number of nitro benzene ring substituents is 1. The number of benzene rings is 1. The Morgan fingerprint density at radius 3 is 3.05 bits per heavy atom. The lowest BCUT2D eigenvalue weighted by atomic mass is 10.1. The van der Waals surface area contributed by atoms with E-state index in [1.807, 2.05) is 6.07 Å². The number of nitrogens with zero attached hydrogens (tertiary/aromatic N) is 2. The Bertz CT molecular complexity index is 504. The van der Waals surface area contributed by atoms with E-state index in [-0.39, 0.29) is 17.0 Å². The Labute approximate surface area is 111 Å². The summed E-state index contributed by atoms with van der Waals surface area (Å²) in [5, 5.41) is 22.9. The molecule has 0 aliphatic carbocycles. The molecule has 0 bridgehead atoms. The lowest BCUT2D eigenvalue weighted by Gasteiger charge is -2.10. The SMILES string of the molecule is N#Cc1ccc(OCCC2CCNC2)c([N+](=O)[O-])c1. The van der Waals surface area contributed by atoms with Gasteiger partial charge in [-0.15, -0.1) is 0 Å². The van der Waals surface area contributed by atoms with Crippen LogP contribution in [0.1, 0.15) is 18.4 Å². The maximum Gasteiger partial charge on any atom is 0.312 e. The van der Waals surface area contributed by atoms with E-state index in [4.69, 9.17) is 10.00 Å². The van der Waals surface area contributed by atoms with E-state index in [1.165, 1.54) is 18.2 Å². The number of nitriles is 1. The van der Waals surface area contributed by atoms with Gasteiger partial charge in [-0.2, -0.15) is 5.26 Å². The van der Waals surface area contributed by atoms with Crippen molar-refractivity contribution in [1.29, 1.82) is 5.26 Å². The Kier molecular flexibility index (Phi) is 4.31. The second-order valence-corrected chi connectivity index (χ2v) is 4.55.